The van der Waals surface area contributed by atoms with Crippen LogP contribution in [0.4, 0.5) is 5.69 Å². The highest BCUT2D eigenvalue weighted by Crippen LogP contribution is 2.20. The molecule has 1 aromatic rings. The number of amides is 1. The first-order valence-electron chi connectivity index (χ1n) is 5.32. The number of Topliss-reactive ketones (excluding diaryl/α,β-unsaturated/α-hetero) is 1. The van der Waals surface area contributed by atoms with Crippen molar-refractivity contribution in [1.82, 2.24) is 0 Å². The molecule has 1 aromatic carbocycles. The molecule has 2 rings (SSSR count). The summed E-state index contributed by atoms with van der Waals surface area (Å²) in [5.74, 6) is -0.132. The Hall–Kier alpha value is -1.68. The van der Waals surface area contributed by atoms with Gasteiger partial charge in [-0.2, -0.15) is 0 Å². The molecule has 0 aromatic heterocycles. The molecule has 0 atom stereocenters. The Morgan fingerprint density at radius 2 is 1.88 bits per heavy atom. The number of ketones is 1. The second-order valence-electron chi connectivity index (χ2n) is 3.90. The minimum Gasteiger partial charge on any atom is -0.330 e. The largest absolute Gasteiger partial charge is 0.330 e. The maximum Gasteiger partial charge on any atom is 0.234 e. The van der Waals surface area contributed by atoms with Crippen molar-refractivity contribution in [3.8, 4) is 0 Å². The van der Waals surface area contributed by atoms with E-state index in [2.05, 4.69) is 0 Å². The van der Waals surface area contributed by atoms with Crippen LogP contribution in [0.2, 0.25) is 0 Å². The second kappa shape index (κ2) is 4.45. The van der Waals surface area contributed by atoms with Crippen LogP contribution in [-0.2, 0) is 16.0 Å². The molecule has 4 heteroatoms. The SMILES string of the molecule is NCCc1ccc(N2CC(=O)CC2=O)cc1. The third-order valence-electron chi connectivity index (χ3n) is 2.66. The van der Waals surface area contributed by atoms with E-state index >= 15 is 0 Å². The standard InChI is InChI=1S/C12H14N2O2/c13-6-5-9-1-3-10(4-2-9)14-8-11(15)7-12(14)16/h1-4H,5-8,13H2. The van der Waals surface area contributed by atoms with Crippen LogP contribution in [0, 0.1) is 0 Å². The number of anilines is 1. The number of hydrogen-bond donors (Lipinski definition) is 1. The van der Waals surface area contributed by atoms with Gasteiger partial charge in [-0.25, -0.2) is 0 Å². The molecule has 0 spiro atoms. The lowest BCUT2D eigenvalue weighted by molar-refractivity contribution is -0.121. The van der Waals surface area contributed by atoms with E-state index in [1.165, 1.54) is 4.90 Å². The topological polar surface area (TPSA) is 63.4 Å². The molecule has 1 heterocycles. The molecule has 4 nitrogen and oxygen atoms in total. The van der Waals surface area contributed by atoms with Crippen molar-refractivity contribution in [2.45, 2.75) is 12.8 Å². The summed E-state index contributed by atoms with van der Waals surface area (Å²) < 4.78 is 0. The van der Waals surface area contributed by atoms with Crippen LogP contribution in [-0.4, -0.2) is 24.8 Å². The number of carbonyl (C=O) groups excluding carboxylic acids is 2. The van der Waals surface area contributed by atoms with Crippen LogP contribution in [0.25, 0.3) is 0 Å². The van der Waals surface area contributed by atoms with Gasteiger partial charge in [0.25, 0.3) is 0 Å². The van der Waals surface area contributed by atoms with Gasteiger partial charge in [-0.05, 0) is 30.7 Å². The van der Waals surface area contributed by atoms with Crippen molar-refractivity contribution in [2.75, 3.05) is 18.0 Å². The van der Waals surface area contributed by atoms with Gasteiger partial charge in [0.15, 0.2) is 5.78 Å². The molecule has 84 valence electrons. The summed E-state index contributed by atoms with van der Waals surface area (Å²) in [6, 6.07) is 7.61. The van der Waals surface area contributed by atoms with Gasteiger partial charge >= 0.3 is 0 Å². The van der Waals surface area contributed by atoms with Crippen LogP contribution in [0.1, 0.15) is 12.0 Å². The predicted octanol–water partition coefficient (Wildman–Crippen LogP) is 0.494. The molecule has 2 N–H and O–H groups in total. The van der Waals surface area contributed by atoms with Gasteiger partial charge in [0, 0.05) is 5.69 Å². The third kappa shape index (κ3) is 2.12. The minimum absolute atomic E-state index is 0.0176. The Labute approximate surface area is 94.0 Å². The molecule has 0 saturated carbocycles. The summed E-state index contributed by atoms with van der Waals surface area (Å²) in [6.45, 7) is 0.815. The number of rotatable bonds is 3. The molecule has 1 aliphatic heterocycles. The lowest BCUT2D eigenvalue weighted by Crippen LogP contribution is -2.24. The van der Waals surface area contributed by atoms with Crippen LogP contribution in [0.3, 0.4) is 0 Å². The molecule has 16 heavy (non-hydrogen) atoms. The summed E-state index contributed by atoms with van der Waals surface area (Å²) in [7, 11) is 0. The highest BCUT2D eigenvalue weighted by atomic mass is 16.2. The number of carbonyl (C=O) groups is 2. The second-order valence-corrected chi connectivity index (χ2v) is 3.90. The Morgan fingerprint density at radius 1 is 1.19 bits per heavy atom. The normalized spacial score (nSPS) is 15.9. The molecule has 1 saturated heterocycles. The third-order valence-corrected chi connectivity index (χ3v) is 2.66. The first-order chi connectivity index (χ1) is 7.70. The zero-order chi connectivity index (χ0) is 11.5. The Bertz CT molecular complexity index is 412. The maximum atomic E-state index is 11.5. The smallest absolute Gasteiger partial charge is 0.234 e. The van der Waals surface area contributed by atoms with Crippen molar-refractivity contribution >= 4 is 17.4 Å². The van der Waals surface area contributed by atoms with E-state index in [0.717, 1.165) is 17.7 Å². The minimum atomic E-state index is -0.114. The molecule has 0 aliphatic carbocycles. The van der Waals surface area contributed by atoms with E-state index < -0.39 is 0 Å². The number of hydrogen-bond acceptors (Lipinski definition) is 3. The molecule has 1 amide bonds. The van der Waals surface area contributed by atoms with E-state index in [4.69, 9.17) is 5.73 Å². The van der Waals surface area contributed by atoms with Crippen LogP contribution in [0.5, 0.6) is 0 Å². The Kier molecular flexibility index (Phi) is 3.01. The van der Waals surface area contributed by atoms with E-state index in [1.54, 1.807) is 0 Å². The van der Waals surface area contributed by atoms with Crippen LogP contribution >= 0.6 is 0 Å². The van der Waals surface area contributed by atoms with E-state index in [-0.39, 0.29) is 24.7 Å². The van der Waals surface area contributed by atoms with Crippen molar-refractivity contribution in [3.63, 3.8) is 0 Å². The average molecular weight is 218 g/mol. The van der Waals surface area contributed by atoms with Gasteiger partial charge in [-0.3, -0.25) is 9.59 Å². The lowest BCUT2D eigenvalue weighted by Gasteiger charge is -2.14. The summed E-state index contributed by atoms with van der Waals surface area (Å²) in [5, 5.41) is 0. The maximum absolute atomic E-state index is 11.5. The van der Waals surface area contributed by atoms with Gasteiger partial charge in [-0.1, -0.05) is 12.1 Å². The first kappa shape index (κ1) is 10.8. The van der Waals surface area contributed by atoms with E-state index in [0.29, 0.717) is 6.54 Å². The van der Waals surface area contributed by atoms with Gasteiger partial charge in [0.1, 0.15) is 0 Å². The zero-order valence-electron chi connectivity index (χ0n) is 8.98. The predicted molar refractivity (Wildman–Crippen MR) is 61.2 cm³/mol. The summed E-state index contributed by atoms with van der Waals surface area (Å²) in [6.07, 6.45) is 0.859. The summed E-state index contributed by atoms with van der Waals surface area (Å²) in [4.78, 5) is 24.1. The molecule has 1 aliphatic rings. The summed E-state index contributed by atoms with van der Waals surface area (Å²) >= 11 is 0. The molecule has 1 fully saturated rings. The molecular formula is C12H14N2O2. The van der Waals surface area contributed by atoms with E-state index in [9.17, 15) is 9.59 Å². The number of nitrogens with zero attached hydrogens (tertiary/aromatic N) is 1. The van der Waals surface area contributed by atoms with Gasteiger partial charge in [0.05, 0.1) is 13.0 Å². The highest BCUT2D eigenvalue weighted by Gasteiger charge is 2.28. The fraction of sp³-hybridized carbons (Fsp3) is 0.333. The van der Waals surface area contributed by atoms with Crippen LogP contribution < -0.4 is 10.6 Å². The molecule has 0 radical (unpaired) electrons. The Morgan fingerprint density at radius 3 is 2.38 bits per heavy atom. The van der Waals surface area contributed by atoms with Gasteiger partial charge < -0.3 is 10.6 Å². The molecular weight excluding hydrogens is 204 g/mol. The van der Waals surface area contributed by atoms with Gasteiger partial charge in [0.2, 0.25) is 5.91 Å². The average Bonchev–Trinajstić information content (AvgIpc) is 2.59. The first-order valence-corrected chi connectivity index (χ1v) is 5.32. The van der Waals surface area contributed by atoms with Crippen LogP contribution in [0.15, 0.2) is 24.3 Å². The molecule has 0 unspecified atom stereocenters. The highest BCUT2D eigenvalue weighted by molar-refractivity contribution is 6.14. The monoisotopic (exact) mass is 218 g/mol. The fourth-order valence-electron chi connectivity index (χ4n) is 1.83. The van der Waals surface area contributed by atoms with E-state index in [1.807, 2.05) is 24.3 Å². The fourth-order valence-corrected chi connectivity index (χ4v) is 1.83. The van der Waals surface area contributed by atoms with Crippen molar-refractivity contribution in [2.24, 2.45) is 5.73 Å². The number of benzene rings is 1. The van der Waals surface area contributed by atoms with Gasteiger partial charge in [-0.15, -0.1) is 0 Å². The molecule has 0 bridgehead atoms. The quantitative estimate of drug-likeness (QED) is 0.751. The lowest BCUT2D eigenvalue weighted by atomic mass is 10.1. The van der Waals surface area contributed by atoms with Crippen molar-refractivity contribution in [3.05, 3.63) is 29.8 Å². The zero-order valence-corrected chi connectivity index (χ0v) is 8.98. The van der Waals surface area contributed by atoms with Crippen molar-refractivity contribution < 1.29 is 9.59 Å². The van der Waals surface area contributed by atoms with Crippen molar-refractivity contribution in [1.29, 1.82) is 0 Å². The number of nitrogens with two attached hydrogens (primary N) is 1. The summed E-state index contributed by atoms with van der Waals surface area (Å²) in [5.41, 5.74) is 7.38. The Balaban J connectivity index is 2.15.